The number of imidazole rings is 1. The Hall–Kier alpha value is -3.64. The first-order valence-electron chi connectivity index (χ1n) is 10.5. The number of halogens is 3. The number of hydrogen-bond acceptors (Lipinski definition) is 5. The highest BCUT2D eigenvalue weighted by Gasteiger charge is 2.35. The number of methoxy groups -OCH3 is 1. The van der Waals surface area contributed by atoms with Crippen molar-refractivity contribution < 1.29 is 26.3 Å². The molecule has 0 saturated heterocycles. The van der Waals surface area contributed by atoms with Gasteiger partial charge in [0.1, 0.15) is 5.75 Å². The highest BCUT2D eigenvalue weighted by Crippen LogP contribution is 2.33. The van der Waals surface area contributed by atoms with E-state index in [2.05, 4.69) is 14.8 Å². The standard InChI is InChI=1S/C23H22F3N5O3S/c1-30-14-22(27-15-30)35(32,33)28-12-11-16-3-5-17(6-4-16)20-13-21(23(24,25)26)29-31(20)18-7-9-19(34-2)10-8-18/h3-10,13-15,28H,11-12H2,1-2H3. The second-order valence-electron chi connectivity index (χ2n) is 7.74. The molecule has 2 heterocycles. The minimum Gasteiger partial charge on any atom is -0.497 e. The SMILES string of the molecule is COc1ccc(-n2nc(C(F)(F)F)cc2-c2ccc(CCNS(=O)(=O)c3cn(C)cn3)cc2)cc1. The summed E-state index contributed by atoms with van der Waals surface area (Å²) in [6.45, 7) is 0.139. The molecule has 0 amide bonds. The van der Waals surface area contributed by atoms with Gasteiger partial charge in [-0.1, -0.05) is 24.3 Å². The Bertz CT molecular complexity index is 1410. The third-order valence-electron chi connectivity index (χ3n) is 5.23. The molecule has 0 aliphatic heterocycles. The molecule has 35 heavy (non-hydrogen) atoms. The van der Waals surface area contributed by atoms with E-state index in [9.17, 15) is 21.6 Å². The zero-order valence-corrected chi connectivity index (χ0v) is 19.6. The Labute approximate surface area is 200 Å². The van der Waals surface area contributed by atoms with Gasteiger partial charge in [0, 0.05) is 25.4 Å². The zero-order chi connectivity index (χ0) is 25.2. The first-order chi connectivity index (χ1) is 16.6. The summed E-state index contributed by atoms with van der Waals surface area (Å²) >= 11 is 0. The van der Waals surface area contributed by atoms with Crippen molar-refractivity contribution in [1.29, 1.82) is 0 Å². The highest BCUT2D eigenvalue weighted by molar-refractivity contribution is 7.89. The van der Waals surface area contributed by atoms with Gasteiger partial charge in [-0.25, -0.2) is 22.8 Å². The normalized spacial score (nSPS) is 12.1. The first kappa shape index (κ1) is 24.5. The molecule has 0 fully saturated rings. The van der Waals surface area contributed by atoms with Crippen LogP contribution < -0.4 is 9.46 Å². The predicted octanol–water partition coefficient (Wildman–Crippen LogP) is 3.82. The Morgan fingerprint density at radius 3 is 2.31 bits per heavy atom. The van der Waals surface area contributed by atoms with Crippen molar-refractivity contribution in [3.63, 3.8) is 0 Å². The molecule has 0 saturated carbocycles. The maximum atomic E-state index is 13.4. The number of hydrogen-bond donors (Lipinski definition) is 1. The maximum Gasteiger partial charge on any atom is 0.435 e. The smallest absolute Gasteiger partial charge is 0.435 e. The lowest BCUT2D eigenvalue weighted by Gasteiger charge is -2.10. The maximum absolute atomic E-state index is 13.4. The first-order valence-corrected chi connectivity index (χ1v) is 11.9. The van der Waals surface area contributed by atoms with Gasteiger partial charge in [-0.05, 0) is 42.3 Å². The van der Waals surface area contributed by atoms with Crippen LogP contribution in [-0.2, 0) is 29.7 Å². The molecule has 0 spiro atoms. The molecule has 4 aromatic rings. The third-order valence-corrected chi connectivity index (χ3v) is 6.57. The molecule has 1 N–H and O–H groups in total. The fourth-order valence-electron chi connectivity index (χ4n) is 3.42. The third kappa shape index (κ3) is 5.54. The Morgan fingerprint density at radius 2 is 1.74 bits per heavy atom. The summed E-state index contributed by atoms with van der Waals surface area (Å²) in [6.07, 6.45) is -1.42. The number of ether oxygens (including phenoxy) is 1. The second kappa shape index (κ2) is 9.55. The van der Waals surface area contributed by atoms with Crippen molar-refractivity contribution in [1.82, 2.24) is 24.1 Å². The van der Waals surface area contributed by atoms with Gasteiger partial charge in [-0.15, -0.1) is 0 Å². The molecule has 0 aliphatic carbocycles. The molecule has 0 unspecified atom stereocenters. The van der Waals surface area contributed by atoms with E-state index in [1.165, 1.54) is 28.9 Å². The fourth-order valence-corrected chi connectivity index (χ4v) is 4.43. The van der Waals surface area contributed by atoms with Gasteiger partial charge in [0.05, 0.1) is 24.8 Å². The van der Waals surface area contributed by atoms with E-state index in [-0.39, 0.29) is 17.3 Å². The molecule has 0 radical (unpaired) electrons. The van der Waals surface area contributed by atoms with E-state index in [4.69, 9.17) is 4.74 Å². The van der Waals surface area contributed by atoms with Crippen molar-refractivity contribution in [2.75, 3.05) is 13.7 Å². The average molecular weight is 506 g/mol. The molecular formula is C23H22F3N5O3S. The molecule has 0 aliphatic rings. The van der Waals surface area contributed by atoms with Crippen LogP contribution in [-0.4, -0.2) is 41.4 Å². The van der Waals surface area contributed by atoms with Crippen LogP contribution in [0.2, 0.25) is 0 Å². The van der Waals surface area contributed by atoms with Crippen LogP contribution in [0.4, 0.5) is 13.2 Å². The summed E-state index contributed by atoms with van der Waals surface area (Å²) in [7, 11) is -0.549. The van der Waals surface area contributed by atoms with E-state index < -0.39 is 21.9 Å². The number of nitrogens with one attached hydrogen (secondary N) is 1. The summed E-state index contributed by atoms with van der Waals surface area (Å²) in [5, 5.41) is 3.71. The largest absolute Gasteiger partial charge is 0.497 e. The molecule has 184 valence electrons. The molecule has 8 nitrogen and oxygen atoms in total. The number of aryl methyl sites for hydroxylation is 1. The van der Waals surface area contributed by atoms with Gasteiger partial charge in [-0.2, -0.15) is 18.3 Å². The Balaban J connectivity index is 1.53. The number of aromatic nitrogens is 4. The summed E-state index contributed by atoms with van der Waals surface area (Å²) in [5.41, 5.74) is 1.05. The molecule has 0 bridgehead atoms. The quantitative estimate of drug-likeness (QED) is 0.393. The lowest BCUT2D eigenvalue weighted by molar-refractivity contribution is -0.141. The minimum atomic E-state index is -4.60. The van der Waals surface area contributed by atoms with Gasteiger partial charge in [-0.3, -0.25) is 0 Å². The number of alkyl halides is 3. The van der Waals surface area contributed by atoms with Crippen LogP contribution >= 0.6 is 0 Å². The number of sulfonamides is 1. The molecule has 2 aromatic carbocycles. The summed E-state index contributed by atoms with van der Waals surface area (Å²) < 4.78 is 75.1. The van der Waals surface area contributed by atoms with Crippen LogP contribution in [0.1, 0.15) is 11.3 Å². The van der Waals surface area contributed by atoms with Crippen molar-refractivity contribution >= 4 is 10.0 Å². The molecule has 12 heteroatoms. The predicted molar refractivity (Wildman–Crippen MR) is 123 cm³/mol. The van der Waals surface area contributed by atoms with Crippen LogP contribution in [0.25, 0.3) is 16.9 Å². The van der Waals surface area contributed by atoms with Crippen molar-refractivity contribution in [2.24, 2.45) is 7.05 Å². The highest BCUT2D eigenvalue weighted by atomic mass is 32.2. The number of nitrogens with zero attached hydrogens (tertiary/aromatic N) is 4. The van der Waals surface area contributed by atoms with E-state index >= 15 is 0 Å². The van der Waals surface area contributed by atoms with Gasteiger partial charge >= 0.3 is 6.18 Å². The van der Waals surface area contributed by atoms with Gasteiger partial charge in [0.15, 0.2) is 10.7 Å². The van der Waals surface area contributed by atoms with E-state index in [1.54, 1.807) is 55.6 Å². The Kier molecular flexibility index (Phi) is 6.68. The second-order valence-corrected chi connectivity index (χ2v) is 9.46. The van der Waals surface area contributed by atoms with Crippen LogP contribution in [0, 0.1) is 0 Å². The van der Waals surface area contributed by atoms with Gasteiger partial charge in [0.25, 0.3) is 10.0 Å². The fraction of sp³-hybridized carbons (Fsp3) is 0.217. The summed E-state index contributed by atoms with van der Waals surface area (Å²) in [4.78, 5) is 3.84. The van der Waals surface area contributed by atoms with Crippen LogP contribution in [0.15, 0.2) is 72.1 Å². The monoisotopic (exact) mass is 505 g/mol. The molecule has 2 aromatic heterocycles. The Morgan fingerprint density at radius 1 is 1.06 bits per heavy atom. The number of benzene rings is 2. The van der Waals surface area contributed by atoms with Crippen molar-refractivity contribution in [3.8, 4) is 22.7 Å². The average Bonchev–Trinajstić information content (AvgIpc) is 3.47. The van der Waals surface area contributed by atoms with Crippen LogP contribution in [0.5, 0.6) is 5.75 Å². The topological polar surface area (TPSA) is 91.0 Å². The van der Waals surface area contributed by atoms with Crippen LogP contribution in [0.3, 0.4) is 0 Å². The van der Waals surface area contributed by atoms with Crippen molar-refractivity contribution in [2.45, 2.75) is 17.6 Å². The summed E-state index contributed by atoms with van der Waals surface area (Å²) in [5.74, 6) is 0.571. The summed E-state index contributed by atoms with van der Waals surface area (Å²) in [6, 6.07) is 14.4. The molecule has 0 atom stereocenters. The molecular weight excluding hydrogens is 483 g/mol. The van der Waals surface area contributed by atoms with Gasteiger partial charge in [0.2, 0.25) is 0 Å². The number of rotatable bonds is 8. The lowest BCUT2D eigenvalue weighted by atomic mass is 10.1. The van der Waals surface area contributed by atoms with E-state index in [0.717, 1.165) is 11.6 Å². The minimum absolute atomic E-state index is 0.0670. The van der Waals surface area contributed by atoms with E-state index in [1.807, 2.05) is 0 Å². The zero-order valence-electron chi connectivity index (χ0n) is 18.8. The van der Waals surface area contributed by atoms with Gasteiger partial charge < -0.3 is 9.30 Å². The van der Waals surface area contributed by atoms with Crippen molar-refractivity contribution in [3.05, 3.63) is 78.4 Å². The molecule has 4 rings (SSSR count). The lowest BCUT2D eigenvalue weighted by Crippen LogP contribution is -2.26. The van der Waals surface area contributed by atoms with E-state index in [0.29, 0.717) is 23.4 Å².